The Kier molecular flexibility index (Phi) is 4.53. The van der Waals surface area contributed by atoms with Crippen LogP contribution in [0.2, 0.25) is 5.02 Å². The van der Waals surface area contributed by atoms with Gasteiger partial charge in [0, 0.05) is 5.02 Å². The van der Waals surface area contributed by atoms with Gasteiger partial charge >= 0.3 is 6.18 Å². The summed E-state index contributed by atoms with van der Waals surface area (Å²) in [5.74, 6) is -0.135. The number of rotatable bonds is 2. The number of aromatic nitrogens is 2. The molecular weight excluding hydrogens is 367 g/mol. The highest BCUT2D eigenvalue weighted by molar-refractivity contribution is 6.31. The summed E-state index contributed by atoms with van der Waals surface area (Å²) < 4.78 is 39.4. The van der Waals surface area contributed by atoms with E-state index in [1.807, 2.05) is 0 Å². The molecule has 0 amide bonds. The second-order valence-corrected chi connectivity index (χ2v) is 5.77. The number of alkyl halides is 3. The maximum absolute atomic E-state index is 13.1. The number of benzene rings is 2. The third-order valence-corrected chi connectivity index (χ3v) is 3.85. The SMILES string of the molecule is N#CC(=Cc1ccccc1C(F)(F)F)c1nc2cc(Cl)ccc2c(=O)[nH]1. The zero-order chi connectivity index (χ0) is 18.9. The number of aromatic amines is 1. The van der Waals surface area contributed by atoms with Gasteiger partial charge in [-0.15, -0.1) is 0 Å². The molecule has 130 valence electrons. The van der Waals surface area contributed by atoms with Gasteiger partial charge in [-0.1, -0.05) is 29.8 Å². The van der Waals surface area contributed by atoms with E-state index in [9.17, 15) is 23.2 Å². The monoisotopic (exact) mass is 375 g/mol. The first-order valence-electron chi connectivity index (χ1n) is 7.27. The van der Waals surface area contributed by atoms with Crippen LogP contribution in [0.25, 0.3) is 22.6 Å². The van der Waals surface area contributed by atoms with Crippen LogP contribution in [0.4, 0.5) is 13.2 Å². The average Bonchev–Trinajstić information content (AvgIpc) is 2.58. The minimum absolute atomic E-state index is 0.135. The molecule has 26 heavy (non-hydrogen) atoms. The Morgan fingerprint density at radius 1 is 1.23 bits per heavy atom. The van der Waals surface area contributed by atoms with Gasteiger partial charge in [0.25, 0.3) is 5.56 Å². The van der Waals surface area contributed by atoms with Crippen molar-refractivity contribution in [1.29, 1.82) is 5.26 Å². The van der Waals surface area contributed by atoms with Gasteiger partial charge < -0.3 is 4.98 Å². The van der Waals surface area contributed by atoms with E-state index in [2.05, 4.69) is 9.97 Å². The van der Waals surface area contributed by atoms with Gasteiger partial charge in [-0.25, -0.2) is 4.98 Å². The van der Waals surface area contributed by atoms with Crippen LogP contribution in [0.5, 0.6) is 0 Å². The largest absolute Gasteiger partial charge is 0.416 e. The number of fused-ring (bicyclic) bond motifs is 1. The van der Waals surface area contributed by atoms with Crippen molar-refractivity contribution in [2.24, 2.45) is 0 Å². The molecule has 0 saturated carbocycles. The van der Waals surface area contributed by atoms with Crippen LogP contribution in [0.1, 0.15) is 17.0 Å². The zero-order valence-corrected chi connectivity index (χ0v) is 13.7. The van der Waals surface area contributed by atoms with Crippen molar-refractivity contribution in [3.63, 3.8) is 0 Å². The maximum atomic E-state index is 13.1. The van der Waals surface area contributed by atoms with E-state index in [0.29, 0.717) is 5.02 Å². The van der Waals surface area contributed by atoms with Crippen LogP contribution >= 0.6 is 11.6 Å². The van der Waals surface area contributed by atoms with Crippen molar-refractivity contribution in [2.75, 3.05) is 0 Å². The summed E-state index contributed by atoms with van der Waals surface area (Å²) in [7, 11) is 0. The van der Waals surface area contributed by atoms with Crippen LogP contribution in [0.15, 0.2) is 47.3 Å². The molecule has 1 heterocycles. The summed E-state index contributed by atoms with van der Waals surface area (Å²) in [6.45, 7) is 0. The predicted octanol–water partition coefficient (Wildman–Crippen LogP) is 4.66. The number of H-pyrrole nitrogens is 1. The van der Waals surface area contributed by atoms with Gasteiger partial charge in [-0.3, -0.25) is 4.79 Å². The van der Waals surface area contributed by atoms with Gasteiger partial charge in [0.15, 0.2) is 5.82 Å². The van der Waals surface area contributed by atoms with E-state index in [0.717, 1.165) is 12.1 Å². The van der Waals surface area contributed by atoms with Crippen molar-refractivity contribution in [1.82, 2.24) is 9.97 Å². The van der Waals surface area contributed by atoms with E-state index in [1.165, 1.54) is 36.4 Å². The number of halogens is 4. The molecular formula is C18H9ClF3N3O. The van der Waals surface area contributed by atoms with Crippen molar-refractivity contribution in [2.45, 2.75) is 6.18 Å². The minimum atomic E-state index is -4.58. The van der Waals surface area contributed by atoms with Crippen LogP contribution < -0.4 is 5.56 Å². The Labute approximate surface area is 150 Å². The van der Waals surface area contributed by atoms with Crippen molar-refractivity contribution in [3.8, 4) is 6.07 Å². The third-order valence-electron chi connectivity index (χ3n) is 3.61. The van der Waals surface area contributed by atoms with Crippen LogP contribution in [-0.4, -0.2) is 9.97 Å². The predicted molar refractivity (Wildman–Crippen MR) is 92.3 cm³/mol. The normalized spacial score (nSPS) is 12.2. The number of nitrogens with zero attached hydrogens (tertiary/aromatic N) is 2. The molecule has 3 aromatic rings. The second kappa shape index (κ2) is 6.65. The van der Waals surface area contributed by atoms with Crippen molar-refractivity contribution >= 4 is 34.2 Å². The highest BCUT2D eigenvalue weighted by Gasteiger charge is 2.32. The van der Waals surface area contributed by atoms with Gasteiger partial charge in [0.05, 0.1) is 22.0 Å². The lowest BCUT2D eigenvalue weighted by molar-refractivity contribution is -0.137. The fraction of sp³-hybridized carbons (Fsp3) is 0.0556. The standard InChI is InChI=1S/C18H9ClF3N3O/c19-12-5-6-13-15(8-12)24-16(25-17(13)26)11(9-23)7-10-3-1-2-4-14(10)18(20,21)22/h1-8H,(H,24,25,26). The Morgan fingerprint density at radius 2 is 1.96 bits per heavy atom. The van der Waals surface area contributed by atoms with Crippen LogP contribution in [0, 0.1) is 11.3 Å². The van der Waals surface area contributed by atoms with Crippen molar-refractivity contribution in [3.05, 3.63) is 74.8 Å². The molecule has 0 spiro atoms. The topological polar surface area (TPSA) is 69.5 Å². The average molecular weight is 376 g/mol. The summed E-state index contributed by atoms with van der Waals surface area (Å²) in [4.78, 5) is 18.7. The minimum Gasteiger partial charge on any atom is -0.305 e. The van der Waals surface area contributed by atoms with E-state index < -0.39 is 17.3 Å². The number of allylic oxidation sites excluding steroid dienone is 1. The van der Waals surface area contributed by atoms with Gasteiger partial charge in [0.2, 0.25) is 0 Å². The number of hydrogen-bond donors (Lipinski definition) is 1. The molecule has 0 bridgehead atoms. The molecule has 8 heteroatoms. The lowest BCUT2D eigenvalue weighted by atomic mass is 10.0. The summed E-state index contributed by atoms with van der Waals surface area (Å²) in [6, 6.07) is 11.0. The van der Waals surface area contributed by atoms with Gasteiger partial charge in [-0.2, -0.15) is 18.4 Å². The molecule has 2 aromatic carbocycles. The molecule has 4 nitrogen and oxygen atoms in total. The Bertz CT molecular complexity index is 1130. The van der Waals surface area contributed by atoms with E-state index in [4.69, 9.17) is 11.6 Å². The molecule has 1 aromatic heterocycles. The fourth-order valence-electron chi connectivity index (χ4n) is 2.43. The molecule has 0 aliphatic rings. The smallest absolute Gasteiger partial charge is 0.305 e. The molecule has 0 fully saturated rings. The molecule has 0 saturated heterocycles. The van der Waals surface area contributed by atoms with E-state index in [-0.39, 0.29) is 27.9 Å². The van der Waals surface area contributed by atoms with Crippen molar-refractivity contribution < 1.29 is 13.2 Å². The molecule has 3 rings (SSSR count). The Balaban J connectivity index is 2.20. The highest BCUT2D eigenvalue weighted by atomic mass is 35.5. The lowest BCUT2D eigenvalue weighted by Crippen LogP contribution is -2.11. The number of nitrogens with one attached hydrogen (secondary N) is 1. The van der Waals surface area contributed by atoms with E-state index >= 15 is 0 Å². The first-order chi connectivity index (χ1) is 12.3. The van der Waals surface area contributed by atoms with Gasteiger partial charge in [0.1, 0.15) is 6.07 Å². The second-order valence-electron chi connectivity index (χ2n) is 5.33. The zero-order valence-electron chi connectivity index (χ0n) is 12.9. The molecule has 0 aliphatic carbocycles. The van der Waals surface area contributed by atoms with Crippen LogP contribution in [0.3, 0.4) is 0 Å². The first-order valence-corrected chi connectivity index (χ1v) is 7.65. The Hall–Kier alpha value is -3.11. The first kappa shape index (κ1) is 17.7. The quantitative estimate of drug-likeness (QED) is 0.662. The van der Waals surface area contributed by atoms with E-state index in [1.54, 1.807) is 6.07 Å². The highest BCUT2D eigenvalue weighted by Crippen LogP contribution is 2.33. The molecule has 0 unspecified atom stereocenters. The lowest BCUT2D eigenvalue weighted by Gasteiger charge is -2.10. The third kappa shape index (κ3) is 3.46. The molecule has 1 N–H and O–H groups in total. The Morgan fingerprint density at radius 3 is 2.65 bits per heavy atom. The number of hydrogen-bond acceptors (Lipinski definition) is 3. The molecule has 0 aliphatic heterocycles. The maximum Gasteiger partial charge on any atom is 0.416 e. The van der Waals surface area contributed by atoms with Crippen LogP contribution in [-0.2, 0) is 6.18 Å². The fourth-order valence-corrected chi connectivity index (χ4v) is 2.60. The summed E-state index contributed by atoms with van der Waals surface area (Å²) >= 11 is 5.88. The van der Waals surface area contributed by atoms with Gasteiger partial charge in [-0.05, 0) is 35.9 Å². The summed E-state index contributed by atoms with van der Waals surface area (Å²) in [5, 5.41) is 9.96. The summed E-state index contributed by atoms with van der Waals surface area (Å²) in [5.41, 5.74) is -1.58. The molecule has 0 radical (unpaired) electrons. The number of nitriles is 1. The summed E-state index contributed by atoms with van der Waals surface area (Å²) in [6.07, 6.45) is -3.54. The molecule has 0 atom stereocenters.